The molecule has 94 valence electrons. The van der Waals surface area contributed by atoms with Crippen molar-refractivity contribution in [1.29, 1.82) is 0 Å². The molecule has 1 aliphatic heterocycles. The van der Waals surface area contributed by atoms with Crippen LogP contribution < -0.4 is 0 Å². The summed E-state index contributed by atoms with van der Waals surface area (Å²) >= 11 is 0. The normalized spacial score (nSPS) is 24.2. The summed E-state index contributed by atoms with van der Waals surface area (Å²) in [7, 11) is 1.72. The van der Waals surface area contributed by atoms with Gasteiger partial charge in [0.25, 0.3) is 0 Å². The van der Waals surface area contributed by atoms with Crippen molar-refractivity contribution in [2.45, 2.75) is 38.6 Å². The number of carboxylic acid groups (broad SMARTS) is 1. The van der Waals surface area contributed by atoms with Gasteiger partial charge in [-0.2, -0.15) is 0 Å². The number of aliphatic carboxylic acids is 1. The average Bonchev–Trinajstić information content (AvgIpc) is 2.25. The van der Waals surface area contributed by atoms with Crippen molar-refractivity contribution < 1.29 is 14.6 Å². The second-order valence-corrected chi connectivity index (χ2v) is 4.62. The maximum Gasteiger partial charge on any atom is 0.303 e. The van der Waals surface area contributed by atoms with Gasteiger partial charge in [-0.15, -0.1) is 0 Å². The molecule has 0 aliphatic carbocycles. The number of hydrogen-bond donors (Lipinski definition) is 1. The molecular weight excluding hydrogens is 206 g/mol. The lowest BCUT2D eigenvalue weighted by Crippen LogP contribution is -2.44. The van der Waals surface area contributed by atoms with Gasteiger partial charge in [-0.3, -0.25) is 9.69 Å². The van der Waals surface area contributed by atoms with Crippen LogP contribution in [0.3, 0.4) is 0 Å². The van der Waals surface area contributed by atoms with Crippen molar-refractivity contribution >= 4 is 5.97 Å². The van der Waals surface area contributed by atoms with E-state index < -0.39 is 5.97 Å². The summed E-state index contributed by atoms with van der Waals surface area (Å²) in [6, 6.07) is 0.446. The van der Waals surface area contributed by atoms with Gasteiger partial charge in [-0.25, -0.2) is 0 Å². The highest BCUT2D eigenvalue weighted by molar-refractivity contribution is 5.67. The van der Waals surface area contributed by atoms with E-state index in [0.717, 1.165) is 39.0 Å². The van der Waals surface area contributed by atoms with E-state index in [1.807, 2.05) is 0 Å². The van der Waals surface area contributed by atoms with Crippen LogP contribution in [0.2, 0.25) is 0 Å². The third kappa shape index (κ3) is 4.10. The lowest BCUT2D eigenvalue weighted by Gasteiger charge is -2.37. The number of ether oxygens (including phenoxy) is 1. The molecule has 0 saturated carbocycles. The molecule has 16 heavy (non-hydrogen) atoms. The average molecular weight is 229 g/mol. The summed E-state index contributed by atoms with van der Waals surface area (Å²) in [6.07, 6.45) is 3.53. The zero-order valence-corrected chi connectivity index (χ0v) is 10.3. The summed E-state index contributed by atoms with van der Waals surface area (Å²) in [6.45, 7) is 4.90. The van der Waals surface area contributed by atoms with Crippen molar-refractivity contribution in [1.82, 2.24) is 4.90 Å². The van der Waals surface area contributed by atoms with E-state index >= 15 is 0 Å². The Bertz CT molecular complexity index is 220. The first-order valence-corrected chi connectivity index (χ1v) is 6.12. The first kappa shape index (κ1) is 13.5. The molecule has 0 amide bonds. The van der Waals surface area contributed by atoms with Gasteiger partial charge < -0.3 is 9.84 Å². The molecule has 1 saturated heterocycles. The zero-order chi connectivity index (χ0) is 12.0. The van der Waals surface area contributed by atoms with Crippen LogP contribution in [-0.2, 0) is 9.53 Å². The molecule has 0 bridgehead atoms. The predicted molar refractivity (Wildman–Crippen MR) is 62.5 cm³/mol. The van der Waals surface area contributed by atoms with Gasteiger partial charge in [0, 0.05) is 26.1 Å². The lowest BCUT2D eigenvalue weighted by atomic mass is 9.93. The number of hydrogen-bond acceptors (Lipinski definition) is 3. The van der Waals surface area contributed by atoms with Gasteiger partial charge in [0.2, 0.25) is 0 Å². The zero-order valence-electron chi connectivity index (χ0n) is 10.3. The minimum Gasteiger partial charge on any atom is -0.481 e. The van der Waals surface area contributed by atoms with Gasteiger partial charge in [0.15, 0.2) is 0 Å². The Morgan fingerprint density at radius 2 is 2.38 bits per heavy atom. The molecule has 0 spiro atoms. The molecule has 0 aromatic heterocycles. The first-order valence-electron chi connectivity index (χ1n) is 6.12. The van der Waals surface area contributed by atoms with Gasteiger partial charge in [0.1, 0.15) is 0 Å². The topological polar surface area (TPSA) is 49.8 Å². The Kier molecular flexibility index (Phi) is 5.77. The summed E-state index contributed by atoms with van der Waals surface area (Å²) in [5, 5.41) is 8.81. The molecule has 2 unspecified atom stereocenters. The first-order chi connectivity index (χ1) is 7.67. The third-order valence-electron chi connectivity index (χ3n) is 3.36. The van der Waals surface area contributed by atoms with Crippen LogP contribution in [0.15, 0.2) is 0 Å². The molecule has 1 rings (SSSR count). The number of nitrogens with zero attached hydrogens (tertiary/aromatic N) is 1. The van der Waals surface area contributed by atoms with Crippen LogP contribution in [0, 0.1) is 5.92 Å². The number of rotatable bonds is 6. The Balaban J connectivity index is 2.44. The second kappa shape index (κ2) is 6.86. The van der Waals surface area contributed by atoms with Gasteiger partial charge in [0.05, 0.1) is 6.61 Å². The van der Waals surface area contributed by atoms with E-state index in [0.29, 0.717) is 18.4 Å². The Morgan fingerprint density at radius 1 is 1.62 bits per heavy atom. The number of piperidine rings is 1. The van der Waals surface area contributed by atoms with Crippen molar-refractivity contribution in [3.63, 3.8) is 0 Å². The van der Waals surface area contributed by atoms with Gasteiger partial charge >= 0.3 is 5.97 Å². The van der Waals surface area contributed by atoms with E-state index in [1.54, 1.807) is 7.11 Å². The van der Waals surface area contributed by atoms with Gasteiger partial charge in [-0.1, -0.05) is 6.92 Å². The van der Waals surface area contributed by atoms with Crippen LogP contribution in [0.4, 0.5) is 0 Å². The van der Waals surface area contributed by atoms with Crippen molar-refractivity contribution in [2.24, 2.45) is 5.92 Å². The van der Waals surface area contributed by atoms with Crippen molar-refractivity contribution in [3.8, 4) is 0 Å². The summed E-state index contributed by atoms with van der Waals surface area (Å²) in [5.41, 5.74) is 0. The second-order valence-electron chi connectivity index (χ2n) is 4.62. The largest absolute Gasteiger partial charge is 0.481 e. The molecule has 1 N–H and O–H groups in total. The Labute approximate surface area is 97.6 Å². The Morgan fingerprint density at radius 3 is 2.94 bits per heavy atom. The molecule has 4 nitrogen and oxygen atoms in total. The van der Waals surface area contributed by atoms with Crippen molar-refractivity contribution in [3.05, 3.63) is 0 Å². The predicted octanol–water partition coefficient (Wildman–Crippen LogP) is 1.60. The smallest absolute Gasteiger partial charge is 0.303 e. The highest BCUT2D eigenvalue weighted by Crippen LogP contribution is 2.22. The highest BCUT2D eigenvalue weighted by atomic mass is 16.5. The van der Waals surface area contributed by atoms with E-state index in [1.165, 1.54) is 0 Å². The van der Waals surface area contributed by atoms with Crippen LogP contribution in [0.5, 0.6) is 0 Å². The maximum absolute atomic E-state index is 10.7. The van der Waals surface area contributed by atoms with Gasteiger partial charge in [-0.05, 0) is 31.7 Å². The van der Waals surface area contributed by atoms with Crippen LogP contribution in [0.25, 0.3) is 0 Å². The van der Waals surface area contributed by atoms with Crippen LogP contribution in [0.1, 0.15) is 32.6 Å². The molecule has 1 heterocycles. The van der Waals surface area contributed by atoms with Crippen LogP contribution >= 0.6 is 0 Å². The fraction of sp³-hybridized carbons (Fsp3) is 0.917. The van der Waals surface area contributed by atoms with Crippen LogP contribution in [-0.4, -0.2) is 48.8 Å². The van der Waals surface area contributed by atoms with E-state index in [4.69, 9.17) is 9.84 Å². The molecule has 0 radical (unpaired) electrons. The summed E-state index contributed by atoms with van der Waals surface area (Å²) in [4.78, 5) is 13.1. The van der Waals surface area contributed by atoms with E-state index in [-0.39, 0.29) is 0 Å². The summed E-state index contributed by atoms with van der Waals surface area (Å²) in [5.74, 6) is -0.358. The number of likely N-dealkylation sites (tertiary alicyclic amines) is 1. The molecule has 4 heteroatoms. The number of carbonyl (C=O) groups is 1. The molecule has 1 fully saturated rings. The molecule has 0 aromatic carbocycles. The number of carboxylic acids is 1. The SMILES string of the molecule is CCC(COC)N1CCCC(CC(=O)O)C1. The summed E-state index contributed by atoms with van der Waals surface area (Å²) < 4.78 is 5.21. The molecule has 1 aliphatic rings. The van der Waals surface area contributed by atoms with E-state index in [2.05, 4.69) is 11.8 Å². The molecule has 0 aromatic rings. The van der Waals surface area contributed by atoms with E-state index in [9.17, 15) is 4.79 Å². The van der Waals surface area contributed by atoms with Crippen molar-refractivity contribution in [2.75, 3.05) is 26.8 Å². The fourth-order valence-electron chi connectivity index (χ4n) is 2.52. The Hall–Kier alpha value is -0.610. The maximum atomic E-state index is 10.7. The quantitative estimate of drug-likeness (QED) is 0.751. The highest BCUT2D eigenvalue weighted by Gasteiger charge is 2.26. The minimum atomic E-state index is -0.674. The standard InChI is InChI=1S/C12H23NO3/c1-3-11(9-16-2)13-6-4-5-10(8-13)7-12(14)15/h10-11H,3-9H2,1-2H3,(H,14,15). The third-order valence-corrected chi connectivity index (χ3v) is 3.36. The minimum absolute atomic E-state index is 0.305. The fourth-order valence-corrected chi connectivity index (χ4v) is 2.52. The molecular formula is C12H23NO3. The monoisotopic (exact) mass is 229 g/mol. The molecule has 2 atom stereocenters. The number of methoxy groups -OCH3 is 1. The lowest BCUT2D eigenvalue weighted by molar-refractivity contribution is -0.138.